The van der Waals surface area contributed by atoms with Crippen molar-refractivity contribution in [1.29, 1.82) is 0 Å². The molecule has 6 heteroatoms. The minimum absolute atomic E-state index is 0.159. The van der Waals surface area contributed by atoms with Crippen molar-refractivity contribution in [3.8, 4) is 5.75 Å². The van der Waals surface area contributed by atoms with E-state index < -0.39 is 5.97 Å². The van der Waals surface area contributed by atoms with E-state index in [9.17, 15) is 9.59 Å². The maximum Gasteiger partial charge on any atom is 0.325 e. The van der Waals surface area contributed by atoms with Crippen LogP contribution in [0.1, 0.15) is 30.6 Å². The number of rotatable bonds is 4. The Bertz CT molecular complexity index is 449. The first-order valence-electron chi connectivity index (χ1n) is 6.18. The molecule has 0 aliphatic rings. The highest BCUT2D eigenvalue weighted by molar-refractivity contribution is 9.10. The summed E-state index contributed by atoms with van der Waals surface area (Å²) in [6.07, 6.45) is 1.25. The molecule has 1 aromatic carbocycles. The van der Waals surface area contributed by atoms with Gasteiger partial charge in [0.2, 0.25) is 0 Å². The molecule has 0 fully saturated rings. The zero-order valence-electron chi connectivity index (χ0n) is 12.2. The lowest BCUT2D eigenvalue weighted by Crippen LogP contribution is -2.30. The molecule has 1 aromatic rings. The third-order valence-corrected chi connectivity index (χ3v) is 2.69. The Labute approximate surface area is 127 Å². The average Bonchev–Trinajstić information content (AvgIpc) is 2.45. The topological polar surface area (TPSA) is 64.6 Å². The van der Waals surface area contributed by atoms with Gasteiger partial charge in [-0.25, -0.2) is 0 Å². The molecule has 1 rings (SSSR count). The van der Waals surface area contributed by atoms with Crippen molar-refractivity contribution in [3.05, 3.63) is 28.2 Å². The molecular weight excluding hydrogens is 326 g/mol. The molecule has 0 saturated heterocycles. The lowest BCUT2D eigenvalue weighted by Gasteiger charge is -2.07. The predicted molar refractivity (Wildman–Crippen MR) is 81.0 cm³/mol. The summed E-state index contributed by atoms with van der Waals surface area (Å²) in [6.45, 7) is 4.09. The van der Waals surface area contributed by atoms with Gasteiger partial charge in [-0.15, -0.1) is 0 Å². The Kier molecular flexibility index (Phi) is 9.45. The van der Waals surface area contributed by atoms with Crippen LogP contribution in [0.2, 0.25) is 0 Å². The molecule has 0 aliphatic heterocycles. The van der Waals surface area contributed by atoms with E-state index >= 15 is 0 Å². The average molecular weight is 346 g/mol. The predicted octanol–water partition coefficient (Wildman–Crippen LogP) is 2.78. The summed E-state index contributed by atoms with van der Waals surface area (Å²) in [4.78, 5) is 22.5. The Morgan fingerprint density at radius 3 is 2.35 bits per heavy atom. The number of halogens is 1. The number of amides is 1. The van der Waals surface area contributed by atoms with Crippen molar-refractivity contribution in [3.63, 3.8) is 0 Å². The molecule has 0 atom stereocenters. The van der Waals surface area contributed by atoms with Crippen molar-refractivity contribution in [2.24, 2.45) is 0 Å². The summed E-state index contributed by atoms with van der Waals surface area (Å²) in [5.41, 5.74) is 0.411. The molecular formula is C14H20BrNO4. The number of nitrogens with one attached hydrogen (secondary N) is 1. The number of hydrogen-bond donors (Lipinski definition) is 1. The highest BCUT2D eigenvalue weighted by atomic mass is 79.9. The van der Waals surface area contributed by atoms with Crippen LogP contribution in [-0.4, -0.2) is 32.6 Å². The highest BCUT2D eigenvalue weighted by Gasteiger charge is 2.10. The van der Waals surface area contributed by atoms with Crippen LogP contribution in [0.25, 0.3) is 0 Å². The summed E-state index contributed by atoms with van der Waals surface area (Å²) < 4.78 is 10.2. The molecule has 0 radical (unpaired) electrons. The largest absolute Gasteiger partial charge is 0.496 e. The standard InChI is InChI=1S/C11H12BrNO4.C3H8/c1-16-9-5-7(3-4-8(9)12)11(15)13-6-10(14)17-2;1-3-2/h3-5H,6H2,1-2H3,(H,13,15);3H2,1-2H3. The molecule has 0 spiro atoms. The van der Waals surface area contributed by atoms with E-state index in [1.807, 2.05) is 0 Å². The van der Waals surface area contributed by atoms with Crippen LogP contribution >= 0.6 is 15.9 Å². The van der Waals surface area contributed by atoms with Gasteiger partial charge in [0, 0.05) is 5.56 Å². The number of methoxy groups -OCH3 is 2. The van der Waals surface area contributed by atoms with Crippen molar-refractivity contribution >= 4 is 27.8 Å². The molecule has 1 N–H and O–H groups in total. The first-order chi connectivity index (χ1) is 9.49. The number of esters is 1. The first-order valence-corrected chi connectivity index (χ1v) is 6.97. The molecule has 0 unspecified atom stereocenters. The summed E-state index contributed by atoms with van der Waals surface area (Å²) in [7, 11) is 2.77. The van der Waals surface area contributed by atoms with Gasteiger partial charge in [0.05, 0.1) is 18.7 Å². The zero-order chi connectivity index (χ0) is 15.5. The van der Waals surface area contributed by atoms with Crippen LogP contribution in [0.4, 0.5) is 0 Å². The quantitative estimate of drug-likeness (QED) is 0.852. The molecule has 0 aliphatic carbocycles. The van der Waals surface area contributed by atoms with E-state index in [1.54, 1.807) is 18.2 Å². The van der Waals surface area contributed by atoms with Gasteiger partial charge in [-0.1, -0.05) is 20.3 Å². The van der Waals surface area contributed by atoms with Crippen LogP contribution in [0.15, 0.2) is 22.7 Å². The van der Waals surface area contributed by atoms with E-state index in [-0.39, 0.29) is 12.5 Å². The van der Waals surface area contributed by atoms with E-state index in [1.165, 1.54) is 20.6 Å². The van der Waals surface area contributed by atoms with Gasteiger partial charge >= 0.3 is 5.97 Å². The summed E-state index contributed by atoms with van der Waals surface area (Å²) in [6, 6.07) is 4.90. The maximum atomic E-state index is 11.7. The lowest BCUT2D eigenvalue weighted by atomic mass is 10.2. The molecule has 0 heterocycles. The van der Waals surface area contributed by atoms with Gasteiger partial charge in [0.15, 0.2) is 0 Å². The SMILES string of the molecule is CCC.COC(=O)CNC(=O)c1ccc(Br)c(OC)c1. The second kappa shape index (κ2) is 10.3. The number of carbonyl (C=O) groups is 2. The summed E-state index contributed by atoms with van der Waals surface area (Å²) in [5.74, 6) is -0.306. The molecule has 0 aromatic heterocycles. The Morgan fingerprint density at radius 1 is 1.25 bits per heavy atom. The number of ether oxygens (including phenoxy) is 2. The molecule has 5 nitrogen and oxygen atoms in total. The van der Waals surface area contributed by atoms with Crippen molar-refractivity contribution < 1.29 is 19.1 Å². The third kappa shape index (κ3) is 6.56. The Morgan fingerprint density at radius 2 is 1.85 bits per heavy atom. The highest BCUT2D eigenvalue weighted by Crippen LogP contribution is 2.25. The van der Waals surface area contributed by atoms with Gasteiger partial charge in [-0.05, 0) is 34.1 Å². The summed E-state index contributed by atoms with van der Waals surface area (Å²) >= 11 is 3.28. The summed E-state index contributed by atoms with van der Waals surface area (Å²) in [5, 5.41) is 2.44. The Balaban J connectivity index is 0.00000110. The van der Waals surface area contributed by atoms with E-state index in [0.717, 1.165) is 4.47 Å². The molecule has 112 valence electrons. The van der Waals surface area contributed by atoms with Crippen molar-refractivity contribution in [2.45, 2.75) is 20.3 Å². The molecule has 0 bridgehead atoms. The van der Waals surface area contributed by atoms with Crippen LogP contribution in [0, 0.1) is 0 Å². The van der Waals surface area contributed by atoms with Gasteiger partial charge in [-0.3, -0.25) is 9.59 Å². The first kappa shape index (κ1) is 18.4. The normalized spacial score (nSPS) is 9.05. The molecule has 0 saturated carbocycles. The minimum Gasteiger partial charge on any atom is -0.496 e. The van der Waals surface area contributed by atoms with Crippen LogP contribution in [0.5, 0.6) is 5.75 Å². The third-order valence-electron chi connectivity index (χ3n) is 2.03. The van der Waals surface area contributed by atoms with Crippen molar-refractivity contribution in [2.75, 3.05) is 20.8 Å². The number of benzene rings is 1. The molecule has 20 heavy (non-hydrogen) atoms. The fourth-order valence-electron chi connectivity index (χ4n) is 1.13. The minimum atomic E-state index is -0.498. The second-order valence-electron chi connectivity index (χ2n) is 3.82. The van der Waals surface area contributed by atoms with Gasteiger partial charge in [0.25, 0.3) is 5.91 Å². The van der Waals surface area contributed by atoms with E-state index in [2.05, 4.69) is 39.8 Å². The second-order valence-corrected chi connectivity index (χ2v) is 4.67. The van der Waals surface area contributed by atoms with Crippen molar-refractivity contribution in [1.82, 2.24) is 5.32 Å². The smallest absolute Gasteiger partial charge is 0.325 e. The van der Waals surface area contributed by atoms with Gasteiger partial charge in [0.1, 0.15) is 12.3 Å². The fourth-order valence-corrected chi connectivity index (χ4v) is 1.54. The van der Waals surface area contributed by atoms with Crippen LogP contribution < -0.4 is 10.1 Å². The lowest BCUT2D eigenvalue weighted by molar-refractivity contribution is -0.139. The fraction of sp³-hybridized carbons (Fsp3) is 0.429. The number of carbonyl (C=O) groups excluding carboxylic acids is 2. The van der Waals surface area contributed by atoms with E-state index in [0.29, 0.717) is 11.3 Å². The Hall–Kier alpha value is -1.56. The molecule has 1 amide bonds. The van der Waals surface area contributed by atoms with Crippen LogP contribution in [-0.2, 0) is 9.53 Å². The van der Waals surface area contributed by atoms with Crippen LogP contribution in [0.3, 0.4) is 0 Å². The number of hydrogen-bond acceptors (Lipinski definition) is 4. The zero-order valence-corrected chi connectivity index (χ0v) is 13.7. The maximum absolute atomic E-state index is 11.7. The van der Waals surface area contributed by atoms with E-state index in [4.69, 9.17) is 4.74 Å². The van der Waals surface area contributed by atoms with Gasteiger partial charge < -0.3 is 14.8 Å². The van der Waals surface area contributed by atoms with Gasteiger partial charge in [-0.2, -0.15) is 0 Å². The monoisotopic (exact) mass is 345 g/mol.